The summed E-state index contributed by atoms with van der Waals surface area (Å²) in [5.41, 5.74) is 1.66. The first-order chi connectivity index (χ1) is 14.0. The second-order valence-electron chi connectivity index (χ2n) is 7.58. The van der Waals surface area contributed by atoms with E-state index >= 15 is 0 Å². The van der Waals surface area contributed by atoms with E-state index in [-0.39, 0.29) is 24.1 Å². The molecule has 1 saturated heterocycles. The van der Waals surface area contributed by atoms with E-state index in [0.717, 1.165) is 18.6 Å². The van der Waals surface area contributed by atoms with E-state index < -0.39 is 0 Å². The molecule has 6 nitrogen and oxygen atoms in total. The third kappa shape index (κ3) is 4.16. The zero-order chi connectivity index (χ0) is 20.4. The molecule has 3 aromatic rings. The number of hydrogen-bond donors (Lipinski definition) is 0. The molecule has 1 amide bonds. The zero-order valence-electron chi connectivity index (χ0n) is 16.8. The lowest BCUT2D eigenvalue weighted by atomic mass is 10.1. The number of carbonyl (C=O) groups excluding carboxylic acids is 1. The van der Waals surface area contributed by atoms with Crippen LogP contribution in [0.3, 0.4) is 0 Å². The molecule has 0 atom stereocenters. The lowest BCUT2D eigenvalue weighted by Gasteiger charge is -2.32. The Labute approximate surface area is 169 Å². The highest BCUT2D eigenvalue weighted by molar-refractivity contribution is 5.79. The summed E-state index contributed by atoms with van der Waals surface area (Å²) < 4.78 is 7.54. The van der Waals surface area contributed by atoms with Crippen molar-refractivity contribution in [1.82, 2.24) is 14.5 Å². The number of aryl methyl sites for hydroxylation is 2. The van der Waals surface area contributed by atoms with E-state index in [4.69, 9.17) is 4.74 Å². The summed E-state index contributed by atoms with van der Waals surface area (Å²) in [7, 11) is 0. The van der Waals surface area contributed by atoms with Crippen LogP contribution in [0.1, 0.15) is 24.2 Å². The first kappa shape index (κ1) is 19.2. The molecule has 0 bridgehead atoms. The number of carbonyl (C=O) groups is 1. The molecule has 2 aromatic carbocycles. The van der Waals surface area contributed by atoms with Gasteiger partial charge in [0.1, 0.15) is 24.2 Å². The Balaban J connectivity index is 1.40. The van der Waals surface area contributed by atoms with Gasteiger partial charge in [0.2, 0.25) is 5.91 Å². The normalized spacial score (nSPS) is 14.9. The minimum absolute atomic E-state index is 0.0197. The second-order valence-corrected chi connectivity index (χ2v) is 7.58. The van der Waals surface area contributed by atoms with Crippen LogP contribution in [0.2, 0.25) is 0 Å². The molecule has 0 radical (unpaired) electrons. The molecule has 1 aromatic heterocycles. The highest BCUT2D eigenvalue weighted by atomic mass is 16.5. The second kappa shape index (κ2) is 8.07. The van der Waals surface area contributed by atoms with Gasteiger partial charge in [0.25, 0.3) is 5.56 Å². The van der Waals surface area contributed by atoms with Crippen LogP contribution in [-0.4, -0.2) is 39.6 Å². The standard InChI is InChI=1S/C23H25N3O3/c1-16-6-5-7-19(14-16)29-18-10-12-25(13-11-18)22(27)15-26-17(2)24-21-9-4-3-8-20(21)23(26)28/h3-9,14,18H,10-13,15H2,1-2H3. The number of aromatic nitrogens is 2. The lowest BCUT2D eigenvalue weighted by Crippen LogP contribution is -2.44. The Morgan fingerprint density at radius 1 is 1.10 bits per heavy atom. The van der Waals surface area contributed by atoms with Gasteiger partial charge in [0.05, 0.1) is 10.9 Å². The van der Waals surface area contributed by atoms with Crippen LogP contribution >= 0.6 is 0 Å². The molecule has 0 saturated carbocycles. The van der Waals surface area contributed by atoms with Crippen molar-refractivity contribution in [3.8, 4) is 5.75 Å². The van der Waals surface area contributed by atoms with Gasteiger partial charge in [-0.15, -0.1) is 0 Å². The Hall–Kier alpha value is -3.15. The van der Waals surface area contributed by atoms with Gasteiger partial charge in [-0.25, -0.2) is 4.98 Å². The van der Waals surface area contributed by atoms with Crippen molar-refractivity contribution in [2.75, 3.05) is 13.1 Å². The fourth-order valence-electron chi connectivity index (χ4n) is 3.80. The SMILES string of the molecule is Cc1cccc(OC2CCN(C(=O)Cn3c(C)nc4ccccc4c3=O)CC2)c1. The summed E-state index contributed by atoms with van der Waals surface area (Å²) in [4.78, 5) is 31.9. The Morgan fingerprint density at radius 2 is 1.86 bits per heavy atom. The van der Waals surface area contributed by atoms with Crippen molar-refractivity contribution >= 4 is 16.8 Å². The van der Waals surface area contributed by atoms with Gasteiger partial charge in [0, 0.05) is 25.9 Å². The van der Waals surface area contributed by atoms with Gasteiger partial charge in [0.15, 0.2) is 0 Å². The quantitative estimate of drug-likeness (QED) is 0.686. The summed E-state index contributed by atoms with van der Waals surface area (Å²) in [6.45, 7) is 5.09. The number of rotatable bonds is 4. The van der Waals surface area contributed by atoms with Crippen LogP contribution in [0.15, 0.2) is 53.3 Å². The number of likely N-dealkylation sites (tertiary alicyclic amines) is 1. The topological polar surface area (TPSA) is 64.4 Å². The first-order valence-electron chi connectivity index (χ1n) is 9.98. The number of hydrogen-bond acceptors (Lipinski definition) is 4. The third-order valence-corrected chi connectivity index (χ3v) is 5.43. The molecule has 4 rings (SSSR count). The van der Waals surface area contributed by atoms with Gasteiger partial charge in [-0.2, -0.15) is 0 Å². The van der Waals surface area contributed by atoms with Crippen LogP contribution in [-0.2, 0) is 11.3 Å². The van der Waals surface area contributed by atoms with Gasteiger partial charge < -0.3 is 9.64 Å². The van der Waals surface area contributed by atoms with Crippen molar-refractivity contribution in [3.05, 3.63) is 70.3 Å². The van der Waals surface area contributed by atoms with Crippen LogP contribution in [0.25, 0.3) is 10.9 Å². The molecule has 1 aliphatic rings. The Kier molecular flexibility index (Phi) is 5.34. The molecular weight excluding hydrogens is 366 g/mol. The van der Waals surface area contributed by atoms with Crippen molar-refractivity contribution in [3.63, 3.8) is 0 Å². The molecule has 1 fully saturated rings. The smallest absolute Gasteiger partial charge is 0.261 e. The van der Waals surface area contributed by atoms with Crippen molar-refractivity contribution in [2.45, 2.75) is 39.3 Å². The predicted octanol–water partition coefficient (Wildman–Crippen LogP) is 3.08. The van der Waals surface area contributed by atoms with E-state index in [1.54, 1.807) is 13.0 Å². The van der Waals surface area contributed by atoms with Gasteiger partial charge >= 0.3 is 0 Å². The van der Waals surface area contributed by atoms with Crippen molar-refractivity contribution < 1.29 is 9.53 Å². The van der Waals surface area contributed by atoms with Crippen LogP contribution in [0.5, 0.6) is 5.75 Å². The molecule has 0 unspecified atom stereocenters. The fourth-order valence-corrected chi connectivity index (χ4v) is 3.80. The minimum atomic E-state index is -0.167. The number of ether oxygens (including phenoxy) is 1. The molecule has 0 spiro atoms. The molecule has 150 valence electrons. The lowest BCUT2D eigenvalue weighted by molar-refractivity contribution is -0.133. The average Bonchev–Trinajstić information content (AvgIpc) is 2.71. The average molecular weight is 391 g/mol. The number of benzene rings is 2. The molecule has 1 aliphatic heterocycles. The van der Waals surface area contributed by atoms with Crippen molar-refractivity contribution in [2.24, 2.45) is 0 Å². The molecule has 0 N–H and O–H groups in total. The third-order valence-electron chi connectivity index (χ3n) is 5.43. The molecule has 29 heavy (non-hydrogen) atoms. The maximum absolute atomic E-state index is 12.8. The van der Waals surface area contributed by atoms with Gasteiger partial charge in [-0.1, -0.05) is 24.3 Å². The highest BCUT2D eigenvalue weighted by Gasteiger charge is 2.25. The van der Waals surface area contributed by atoms with Gasteiger partial charge in [-0.05, 0) is 43.7 Å². The zero-order valence-corrected chi connectivity index (χ0v) is 16.8. The maximum Gasteiger partial charge on any atom is 0.261 e. The Morgan fingerprint density at radius 3 is 2.62 bits per heavy atom. The molecule has 2 heterocycles. The van der Waals surface area contributed by atoms with E-state index in [9.17, 15) is 9.59 Å². The van der Waals surface area contributed by atoms with E-state index in [2.05, 4.69) is 4.98 Å². The van der Waals surface area contributed by atoms with Crippen LogP contribution in [0.4, 0.5) is 0 Å². The predicted molar refractivity (Wildman–Crippen MR) is 112 cm³/mol. The highest BCUT2D eigenvalue weighted by Crippen LogP contribution is 2.20. The summed E-state index contributed by atoms with van der Waals surface area (Å²) in [6.07, 6.45) is 1.67. The van der Waals surface area contributed by atoms with Gasteiger partial charge in [-0.3, -0.25) is 14.2 Å². The summed E-state index contributed by atoms with van der Waals surface area (Å²) in [5.74, 6) is 1.38. The maximum atomic E-state index is 12.8. The monoisotopic (exact) mass is 391 g/mol. The first-order valence-corrected chi connectivity index (χ1v) is 9.98. The van der Waals surface area contributed by atoms with Crippen LogP contribution in [0, 0.1) is 13.8 Å². The number of piperidine rings is 1. The summed E-state index contributed by atoms with van der Waals surface area (Å²) in [6, 6.07) is 15.2. The van der Waals surface area contributed by atoms with Crippen LogP contribution < -0.4 is 10.3 Å². The molecular formula is C23H25N3O3. The minimum Gasteiger partial charge on any atom is -0.490 e. The number of fused-ring (bicyclic) bond motifs is 1. The van der Waals surface area contributed by atoms with E-state index in [0.29, 0.717) is 29.8 Å². The number of para-hydroxylation sites is 1. The number of amides is 1. The summed E-state index contributed by atoms with van der Waals surface area (Å²) in [5, 5.41) is 0.538. The molecule has 0 aliphatic carbocycles. The van der Waals surface area contributed by atoms with E-state index in [1.807, 2.05) is 54.3 Å². The van der Waals surface area contributed by atoms with E-state index in [1.165, 1.54) is 10.1 Å². The molecule has 6 heteroatoms. The summed E-state index contributed by atoms with van der Waals surface area (Å²) >= 11 is 0. The number of nitrogens with zero attached hydrogens (tertiary/aromatic N) is 3. The van der Waals surface area contributed by atoms with Crippen molar-refractivity contribution in [1.29, 1.82) is 0 Å². The fraction of sp³-hybridized carbons (Fsp3) is 0.348. The Bertz CT molecular complexity index is 1100. The largest absolute Gasteiger partial charge is 0.490 e.